The third-order valence-electron chi connectivity index (χ3n) is 7.04. The van der Waals surface area contributed by atoms with Crippen LogP contribution in [0.15, 0.2) is 59.8 Å². The third kappa shape index (κ3) is 8.18. The highest BCUT2D eigenvalue weighted by atomic mass is 16.6. The Morgan fingerprint density at radius 2 is 1.80 bits per heavy atom. The van der Waals surface area contributed by atoms with Gasteiger partial charge in [-0.15, -0.1) is 0 Å². The molecule has 8 heteroatoms. The largest absolute Gasteiger partial charge is 0.484 e. The standard InChI is InChI=1S/C32H42N4O4/c1-6-29(25-9-13-28(14-10-25)39-22-31(37)33-20-24-15-17-38-18-16-24)35-40-21-27-19-30(32(3,4)5)34-36(27)26-11-7-23(2)8-12-26/h7-14,19,24H,6,15-18,20-22H2,1-5H3,(H,33,37). The van der Waals surface area contributed by atoms with Crippen LogP contribution in [-0.4, -0.2) is 47.8 Å². The Morgan fingerprint density at radius 1 is 1.10 bits per heavy atom. The molecule has 0 spiro atoms. The molecule has 1 aliphatic heterocycles. The van der Waals surface area contributed by atoms with E-state index in [9.17, 15) is 4.79 Å². The van der Waals surface area contributed by atoms with E-state index in [1.807, 2.05) is 35.9 Å². The van der Waals surface area contributed by atoms with Crippen molar-refractivity contribution in [2.24, 2.45) is 11.1 Å². The molecule has 214 valence electrons. The molecule has 1 saturated heterocycles. The number of rotatable bonds is 11. The lowest BCUT2D eigenvalue weighted by Crippen LogP contribution is -2.35. The summed E-state index contributed by atoms with van der Waals surface area (Å²) in [4.78, 5) is 18.1. The predicted octanol–water partition coefficient (Wildman–Crippen LogP) is 5.73. The highest BCUT2D eigenvalue weighted by molar-refractivity contribution is 6.00. The molecule has 1 N–H and O–H groups in total. The maximum absolute atomic E-state index is 12.2. The Kier molecular flexibility index (Phi) is 9.98. The zero-order valence-corrected chi connectivity index (χ0v) is 24.4. The van der Waals surface area contributed by atoms with Gasteiger partial charge in [-0.2, -0.15) is 5.10 Å². The van der Waals surface area contributed by atoms with Gasteiger partial charge in [0.05, 0.1) is 22.8 Å². The minimum Gasteiger partial charge on any atom is -0.484 e. The van der Waals surface area contributed by atoms with E-state index >= 15 is 0 Å². The van der Waals surface area contributed by atoms with Crippen molar-refractivity contribution < 1.29 is 19.1 Å². The number of carbonyl (C=O) groups is 1. The van der Waals surface area contributed by atoms with Crippen molar-refractivity contribution in [1.82, 2.24) is 15.1 Å². The number of aryl methyl sites for hydroxylation is 1. The quantitative estimate of drug-likeness (QED) is 0.245. The number of aromatic nitrogens is 2. The molecule has 0 unspecified atom stereocenters. The van der Waals surface area contributed by atoms with Gasteiger partial charge in [0.25, 0.3) is 5.91 Å². The van der Waals surface area contributed by atoms with Crippen molar-refractivity contribution in [3.05, 3.63) is 77.1 Å². The first-order valence-corrected chi connectivity index (χ1v) is 14.2. The van der Waals surface area contributed by atoms with Gasteiger partial charge in [-0.05, 0) is 80.1 Å². The van der Waals surface area contributed by atoms with Crippen molar-refractivity contribution in [2.75, 3.05) is 26.4 Å². The second-order valence-electron chi connectivity index (χ2n) is 11.4. The zero-order chi connectivity index (χ0) is 28.5. The molecular formula is C32H42N4O4. The number of ether oxygens (including phenoxy) is 2. The number of carbonyl (C=O) groups excluding carboxylic acids is 1. The normalized spacial score (nSPS) is 14.7. The van der Waals surface area contributed by atoms with E-state index in [1.165, 1.54) is 5.56 Å². The number of benzene rings is 2. The summed E-state index contributed by atoms with van der Waals surface area (Å²) in [6.45, 7) is 13.1. The molecule has 0 saturated carbocycles. The molecule has 2 aromatic carbocycles. The second kappa shape index (κ2) is 13.6. The molecule has 2 heterocycles. The van der Waals surface area contributed by atoms with Gasteiger partial charge >= 0.3 is 0 Å². The summed E-state index contributed by atoms with van der Waals surface area (Å²) < 4.78 is 13.0. The summed E-state index contributed by atoms with van der Waals surface area (Å²) in [6, 6.07) is 18.0. The first-order chi connectivity index (χ1) is 19.2. The topological polar surface area (TPSA) is 87.0 Å². The summed E-state index contributed by atoms with van der Waals surface area (Å²) in [5.41, 5.74) is 5.82. The average molecular weight is 547 g/mol. The molecule has 0 aliphatic carbocycles. The molecule has 40 heavy (non-hydrogen) atoms. The number of nitrogens with zero attached hydrogens (tertiary/aromatic N) is 3. The van der Waals surface area contributed by atoms with Crippen LogP contribution < -0.4 is 10.1 Å². The molecule has 1 amide bonds. The lowest BCUT2D eigenvalue weighted by molar-refractivity contribution is -0.123. The molecule has 1 aromatic heterocycles. The van der Waals surface area contributed by atoms with Gasteiger partial charge in [0.15, 0.2) is 13.2 Å². The molecule has 0 radical (unpaired) electrons. The summed E-state index contributed by atoms with van der Waals surface area (Å²) in [7, 11) is 0. The highest BCUT2D eigenvalue weighted by Gasteiger charge is 2.21. The molecule has 1 aliphatic rings. The highest BCUT2D eigenvalue weighted by Crippen LogP contribution is 2.24. The van der Waals surface area contributed by atoms with Crippen LogP contribution in [-0.2, 0) is 26.4 Å². The summed E-state index contributed by atoms with van der Waals surface area (Å²) in [5.74, 6) is 1.01. The molecule has 3 aromatic rings. The zero-order valence-electron chi connectivity index (χ0n) is 24.4. The van der Waals surface area contributed by atoms with Crippen molar-refractivity contribution in [3.63, 3.8) is 0 Å². The maximum atomic E-state index is 12.2. The van der Waals surface area contributed by atoms with Crippen LogP contribution in [0.5, 0.6) is 5.75 Å². The van der Waals surface area contributed by atoms with Crippen molar-refractivity contribution in [3.8, 4) is 11.4 Å². The van der Waals surface area contributed by atoms with E-state index in [2.05, 4.69) is 68.5 Å². The van der Waals surface area contributed by atoms with Gasteiger partial charge in [0, 0.05) is 25.2 Å². The molecule has 8 nitrogen and oxygen atoms in total. The minimum absolute atomic E-state index is 0.00831. The van der Waals surface area contributed by atoms with E-state index in [0.29, 0.717) is 31.2 Å². The molecule has 4 rings (SSSR count). The maximum Gasteiger partial charge on any atom is 0.257 e. The number of hydrogen-bond donors (Lipinski definition) is 1. The minimum atomic E-state index is -0.112. The van der Waals surface area contributed by atoms with E-state index < -0.39 is 0 Å². The monoisotopic (exact) mass is 546 g/mol. The lowest BCUT2D eigenvalue weighted by atomic mass is 9.92. The molecular weight excluding hydrogens is 504 g/mol. The first-order valence-electron chi connectivity index (χ1n) is 14.2. The average Bonchev–Trinajstić information content (AvgIpc) is 3.39. The van der Waals surface area contributed by atoms with Crippen molar-refractivity contribution >= 4 is 11.6 Å². The van der Waals surface area contributed by atoms with E-state index in [1.54, 1.807) is 0 Å². The van der Waals surface area contributed by atoms with Crippen LogP contribution in [0, 0.1) is 12.8 Å². The fourth-order valence-electron chi connectivity index (χ4n) is 4.45. The summed E-state index contributed by atoms with van der Waals surface area (Å²) >= 11 is 0. The first kappa shape index (κ1) is 29.3. The van der Waals surface area contributed by atoms with Gasteiger partial charge in [-0.25, -0.2) is 4.68 Å². The van der Waals surface area contributed by atoms with Crippen LogP contribution in [0.3, 0.4) is 0 Å². The van der Waals surface area contributed by atoms with Gasteiger partial charge in [0.1, 0.15) is 5.75 Å². The molecule has 0 atom stereocenters. The number of nitrogens with one attached hydrogen (secondary N) is 1. The van der Waals surface area contributed by atoms with E-state index in [0.717, 1.165) is 54.4 Å². The molecule has 0 bridgehead atoms. The van der Waals surface area contributed by atoms with E-state index in [4.69, 9.17) is 19.4 Å². The Hall–Kier alpha value is -3.65. The summed E-state index contributed by atoms with van der Waals surface area (Å²) in [5, 5.41) is 12.3. The van der Waals surface area contributed by atoms with Crippen LogP contribution >= 0.6 is 0 Å². The fraction of sp³-hybridized carbons (Fsp3) is 0.469. The number of hydrogen-bond acceptors (Lipinski definition) is 6. The molecule has 1 fully saturated rings. The third-order valence-corrected chi connectivity index (χ3v) is 7.04. The Morgan fingerprint density at radius 3 is 2.45 bits per heavy atom. The predicted molar refractivity (Wildman–Crippen MR) is 157 cm³/mol. The Labute approximate surface area is 237 Å². The van der Waals surface area contributed by atoms with Gasteiger partial charge in [-0.1, -0.05) is 50.5 Å². The van der Waals surface area contributed by atoms with Gasteiger partial charge in [-0.3, -0.25) is 4.79 Å². The van der Waals surface area contributed by atoms with Crippen molar-refractivity contribution in [2.45, 2.75) is 65.9 Å². The van der Waals surface area contributed by atoms with Crippen LogP contribution in [0.4, 0.5) is 0 Å². The van der Waals surface area contributed by atoms with Gasteiger partial charge < -0.3 is 19.6 Å². The van der Waals surface area contributed by atoms with Gasteiger partial charge in [0.2, 0.25) is 0 Å². The number of amides is 1. The van der Waals surface area contributed by atoms with Crippen LogP contribution in [0.1, 0.15) is 69.5 Å². The summed E-state index contributed by atoms with van der Waals surface area (Å²) in [6.07, 6.45) is 2.68. The second-order valence-corrected chi connectivity index (χ2v) is 11.4. The van der Waals surface area contributed by atoms with E-state index in [-0.39, 0.29) is 17.9 Å². The van der Waals surface area contributed by atoms with Crippen LogP contribution in [0.25, 0.3) is 5.69 Å². The fourth-order valence-corrected chi connectivity index (χ4v) is 4.45. The Balaban J connectivity index is 1.34. The smallest absolute Gasteiger partial charge is 0.257 e. The van der Waals surface area contributed by atoms with Crippen molar-refractivity contribution in [1.29, 1.82) is 0 Å². The Bertz CT molecular complexity index is 1270. The SMILES string of the molecule is CCC(=NOCc1cc(C(C)(C)C)nn1-c1ccc(C)cc1)c1ccc(OCC(=O)NCC2CCOCC2)cc1. The van der Waals surface area contributed by atoms with Crippen LogP contribution in [0.2, 0.25) is 0 Å². The lowest BCUT2D eigenvalue weighted by Gasteiger charge is -2.22. The number of oxime groups is 1.